The van der Waals surface area contributed by atoms with E-state index in [2.05, 4.69) is 63.1 Å². The van der Waals surface area contributed by atoms with Crippen molar-refractivity contribution >= 4 is 6.91 Å². The molecule has 21 heavy (non-hydrogen) atoms. The molecule has 0 amide bonds. The van der Waals surface area contributed by atoms with Crippen molar-refractivity contribution in [2.24, 2.45) is 0 Å². The number of hydrogen-bond acceptors (Lipinski definition) is 0. The Bertz CT molecular complexity index is 531. The number of rotatable bonds is 8. The summed E-state index contributed by atoms with van der Waals surface area (Å²) in [4.78, 5) is 0. The first kappa shape index (κ1) is 16.0. The van der Waals surface area contributed by atoms with Gasteiger partial charge in [-0.1, -0.05) is 0 Å². The molecule has 0 aliphatic carbocycles. The Balaban J connectivity index is 2.25. The van der Waals surface area contributed by atoms with E-state index >= 15 is 0 Å². The van der Waals surface area contributed by atoms with Crippen LogP contribution in [0.2, 0.25) is 0 Å². The van der Waals surface area contributed by atoms with Crippen LogP contribution in [0.5, 0.6) is 0 Å². The summed E-state index contributed by atoms with van der Waals surface area (Å²) in [5.41, 5.74) is 6.15. The second-order valence-electron chi connectivity index (χ2n) is 5.92. The van der Waals surface area contributed by atoms with E-state index in [1.807, 2.05) is 0 Å². The molecular formula is C20H27B. The van der Waals surface area contributed by atoms with E-state index in [0.29, 0.717) is 0 Å². The third-order valence-electron chi connectivity index (χ3n) is 4.19. The van der Waals surface area contributed by atoms with Gasteiger partial charge in [0.2, 0.25) is 0 Å². The summed E-state index contributed by atoms with van der Waals surface area (Å²) < 4.78 is 0. The number of hydrogen-bond donors (Lipinski definition) is 0. The molecule has 1 aromatic carbocycles. The van der Waals surface area contributed by atoms with Crippen LogP contribution in [0, 0.1) is 0 Å². The molecular weight excluding hydrogens is 251 g/mol. The monoisotopic (exact) mass is 278 g/mol. The molecule has 0 unspecified atom stereocenters. The Labute approximate surface area is 130 Å². The molecule has 2 aromatic rings. The first-order valence-corrected chi connectivity index (χ1v) is 8.48. The first-order valence-electron chi connectivity index (χ1n) is 8.48. The normalized spacial score (nSPS) is 10.6. The quantitative estimate of drug-likeness (QED) is 0.614. The van der Waals surface area contributed by atoms with Gasteiger partial charge >= 0.3 is 130 Å². The molecule has 0 saturated heterocycles. The van der Waals surface area contributed by atoms with Gasteiger partial charge in [0.15, 0.2) is 0 Å². The summed E-state index contributed by atoms with van der Waals surface area (Å²) in [6.07, 6.45) is 8.68. The number of aryl methyl sites for hydroxylation is 1. The van der Waals surface area contributed by atoms with Crippen molar-refractivity contribution < 1.29 is 0 Å². The van der Waals surface area contributed by atoms with E-state index in [-0.39, 0.29) is 0 Å². The molecule has 1 heteroatoms. The maximum atomic E-state index is 2.34. The zero-order chi connectivity index (χ0) is 14.9. The predicted molar refractivity (Wildman–Crippen MR) is 94.3 cm³/mol. The van der Waals surface area contributed by atoms with Crippen LogP contribution in [-0.2, 0) is 19.3 Å². The molecule has 110 valence electrons. The van der Waals surface area contributed by atoms with E-state index in [9.17, 15) is 0 Å². The summed E-state index contributed by atoms with van der Waals surface area (Å²) >= 11 is 0. The molecule has 0 N–H and O–H groups in total. The molecule has 0 bridgehead atoms. The summed E-state index contributed by atoms with van der Waals surface area (Å²) in [6, 6.07) is 13.2. The van der Waals surface area contributed by atoms with Gasteiger partial charge in [0.1, 0.15) is 0 Å². The minimum absolute atomic E-state index is 1.07. The van der Waals surface area contributed by atoms with Crippen molar-refractivity contribution in [2.75, 3.05) is 0 Å². The van der Waals surface area contributed by atoms with E-state index in [1.54, 1.807) is 11.0 Å². The Hall–Kier alpha value is -1.37. The van der Waals surface area contributed by atoms with E-state index in [1.165, 1.54) is 49.7 Å². The van der Waals surface area contributed by atoms with E-state index < -0.39 is 0 Å². The molecule has 0 spiro atoms. The van der Waals surface area contributed by atoms with Crippen molar-refractivity contribution in [1.29, 1.82) is 0 Å². The molecule has 1 heterocycles. The molecule has 0 fully saturated rings. The van der Waals surface area contributed by atoms with Gasteiger partial charge in [0.25, 0.3) is 0 Å². The molecule has 0 aliphatic rings. The van der Waals surface area contributed by atoms with Crippen molar-refractivity contribution in [2.45, 2.75) is 58.8 Å². The average Bonchev–Trinajstić information content (AvgIpc) is 2.53. The van der Waals surface area contributed by atoms with Crippen molar-refractivity contribution in [3.63, 3.8) is 0 Å². The van der Waals surface area contributed by atoms with E-state index in [0.717, 1.165) is 6.42 Å². The Morgan fingerprint density at radius 3 is 2.29 bits per heavy atom. The van der Waals surface area contributed by atoms with Gasteiger partial charge in [-0.25, -0.2) is 0 Å². The topological polar surface area (TPSA) is 0 Å². The van der Waals surface area contributed by atoms with Crippen LogP contribution in [0.3, 0.4) is 0 Å². The van der Waals surface area contributed by atoms with Gasteiger partial charge in [-0.15, -0.1) is 0 Å². The van der Waals surface area contributed by atoms with Crippen molar-refractivity contribution in [3.05, 3.63) is 64.5 Å². The number of unbranched alkanes of at least 4 members (excludes halogenated alkanes) is 2. The summed E-state index contributed by atoms with van der Waals surface area (Å²) in [5.74, 6) is 2.25. The molecule has 0 nitrogen and oxygen atoms in total. The maximum absolute atomic E-state index is 2.34. The third kappa shape index (κ3) is 4.84. The van der Waals surface area contributed by atoms with E-state index in [4.69, 9.17) is 0 Å². The van der Waals surface area contributed by atoms with Crippen LogP contribution >= 0.6 is 0 Å². The van der Waals surface area contributed by atoms with Gasteiger partial charge in [0, 0.05) is 0 Å². The second kappa shape index (κ2) is 8.82. The fourth-order valence-corrected chi connectivity index (χ4v) is 2.95. The zero-order valence-electron chi connectivity index (χ0n) is 13.6. The SMILES string of the molecule is CCCCc1bccc(Cc2ccccc2)c1CCCC. The van der Waals surface area contributed by atoms with Gasteiger partial charge < -0.3 is 0 Å². The molecule has 0 radical (unpaired) electrons. The first-order chi connectivity index (χ1) is 10.3. The molecule has 0 saturated carbocycles. The average molecular weight is 278 g/mol. The van der Waals surface area contributed by atoms with Crippen LogP contribution in [0.15, 0.2) is 42.4 Å². The summed E-state index contributed by atoms with van der Waals surface area (Å²) in [7, 11) is 0. The second-order valence-corrected chi connectivity index (χ2v) is 5.92. The summed E-state index contributed by atoms with van der Waals surface area (Å²) in [5, 5.41) is 0. The minimum atomic E-state index is 1.07. The Morgan fingerprint density at radius 2 is 1.57 bits per heavy atom. The fourth-order valence-electron chi connectivity index (χ4n) is 2.95. The fraction of sp³-hybridized carbons (Fsp3) is 0.450. The number of benzene rings is 1. The van der Waals surface area contributed by atoms with Crippen LogP contribution in [0.4, 0.5) is 0 Å². The zero-order valence-corrected chi connectivity index (χ0v) is 13.6. The van der Waals surface area contributed by atoms with Crippen LogP contribution in [0.25, 0.3) is 0 Å². The molecule has 2 rings (SSSR count). The van der Waals surface area contributed by atoms with Gasteiger partial charge in [-0.05, 0) is 0 Å². The summed E-state index contributed by atoms with van der Waals surface area (Å²) in [6.45, 7) is 6.90. The molecule has 0 aliphatic heterocycles. The predicted octanol–water partition coefficient (Wildman–Crippen LogP) is 5.30. The molecule has 1 aromatic heterocycles. The molecule has 0 atom stereocenters. The van der Waals surface area contributed by atoms with Gasteiger partial charge in [-0.2, -0.15) is 0 Å². The van der Waals surface area contributed by atoms with Crippen LogP contribution < -0.4 is 0 Å². The van der Waals surface area contributed by atoms with Crippen molar-refractivity contribution in [3.8, 4) is 0 Å². The third-order valence-corrected chi connectivity index (χ3v) is 4.19. The Morgan fingerprint density at radius 1 is 0.857 bits per heavy atom. The Kier molecular flexibility index (Phi) is 6.72. The van der Waals surface area contributed by atoms with Crippen LogP contribution in [0.1, 0.15) is 61.7 Å². The standard InChI is InChI=1S/C20H27B/c1-3-5-12-19-18(16-17-10-8-7-9-11-17)14-15-21-20(19)13-6-4-2/h7-11,14-15H,3-6,12-13,16H2,1-2H3. The van der Waals surface area contributed by atoms with Gasteiger partial charge in [-0.3, -0.25) is 0 Å². The van der Waals surface area contributed by atoms with Gasteiger partial charge in [0.05, 0.1) is 0 Å². The van der Waals surface area contributed by atoms with Crippen molar-refractivity contribution in [1.82, 2.24) is 0 Å². The van der Waals surface area contributed by atoms with Crippen LogP contribution in [-0.4, -0.2) is 6.91 Å².